The van der Waals surface area contributed by atoms with Crippen molar-refractivity contribution in [1.82, 2.24) is 5.32 Å². The number of aliphatic carboxylic acids is 1. The Kier molecular flexibility index (Phi) is 7.34. The number of amides is 1. The Morgan fingerprint density at radius 2 is 1.95 bits per heavy atom. The van der Waals surface area contributed by atoms with E-state index in [-0.39, 0.29) is 18.4 Å². The van der Waals surface area contributed by atoms with Crippen LogP contribution < -0.4 is 10.6 Å². The maximum Gasteiger partial charge on any atom is 0.320 e. The Hall–Kier alpha value is -0.920. The highest BCUT2D eigenvalue weighted by molar-refractivity contribution is 9.11. The monoisotopic (exact) mass is 420 g/mol. The van der Waals surface area contributed by atoms with Crippen molar-refractivity contribution in [2.24, 2.45) is 5.92 Å². The first-order valence-electron chi connectivity index (χ1n) is 6.50. The molecule has 0 fully saturated rings. The van der Waals surface area contributed by atoms with E-state index in [2.05, 4.69) is 42.5 Å². The number of carbonyl (C=O) groups is 2. The lowest BCUT2D eigenvalue weighted by Crippen LogP contribution is -2.42. The molecule has 0 aliphatic heterocycles. The van der Waals surface area contributed by atoms with Crippen LogP contribution in [0.25, 0.3) is 0 Å². The van der Waals surface area contributed by atoms with Crippen LogP contribution in [-0.4, -0.2) is 29.6 Å². The van der Waals surface area contributed by atoms with Gasteiger partial charge in [0.05, 0.1) is 12.2 Å². The van der Waals surface area contributed by atoms with Gasteiger partial charge in [-0.2, -0.15) is 0 Å². The molecular formula is C14H18Br2N2O3. The van der Waals surface area contributed by atoms with E-state index in [1.54, 1.807) is 6.07 Å². The van der Waals surface area contributed by atoms with Crippen molar-refractivity contribution >= 4 is 49.4 Å². The number of nitrogens with one attached hydrogen (secondary N) is 2. The molecule has 21 heavy (non-hydrogen) atoms. The third-order valence-corrected chi connectivity index (χ3v) is 3.87. The van der Waals surface area contributed by atoms with E-state index < -0.39 is 12.0 Å². The number of hydrogen-bond acceptors (Lipinski definition) is 3. The summed E-state index contributed by atoms with van der Waals surface area (Å²) < 4.78 is 1.65. The summed E-state index contributed by atoms with van der Waals surface area (Å²) in [6, 6.07) is 4.67. The summed E-state index contributed by atoms with van der Waals surface area (Å²) in [5, 5.41) is 14.6. The van der Waals surface area contributed by atoms with Crippen LogP contribution in [0.2, 0.25) is 0 Å². The number of carboxylic acid groups (broad SMARTS) is 1. The van der Waals surface area contributed by atoms with E-state index in [4.69, 9.17) is 5.11 Å². The molecule has 0 aromatic heterocycles. The normalized spacial score (nSPS) is 12.2. The number of carbonyl (C=O) groups excluding carboxylic acids is 1. The second-order valence-electron chi connectivity index (χ2n) is 5.07. The molecule has 1 unspecified atom stereocenters. The first kappa shape index (κ1) is 18.1. The Balaban J connectivity index is 2.54. The van der Waals surface area contributed by atoms with Crippen LogP contribution in [0.5, 0.6) is 0 Å². The fraction of sp³-hybridized carbons (Fsp3) is 0.429. The molecule has 0 saturated heterocycles. The minimum absolute atomic E-state index is 0.0494. The minimum Gasteiger partial charge on any atom is -0.480 e. The van der Waals surface area contributed by atoms with Gasteiger partial charge in [-0.3, -0.25) is 14.9 Å². The zero-order valence-electron chi connectivity index (χ0n) is 11.8. The summed E-state index contributed by atoms with van der Waals surface area (Å²) in [7, 11) is 0. The van der Waals surface area contributed by atoms with Gasteiger partial charge in [-0.1, -0.05) is 29.8 Å². The van der Waals surface area contributed by atoms with Crippen LogP contribution in [0, 0.1) is 5.92 Å². The van der Waals surface area contributed by atoms with E-state index in [1.807, 2.05) is 26.0 Å². The minimum atomic E-state index is -0.943. The Labute approximate surface area is 140 Å². The average molecular weight is 422 g/mol. The van der Waals surface area contributed by atoms with Crippen molar-refractivity contribution in [1.29, 1.82) is 0 Å². The first-order chi connectivity index (χ1) is 9.79. The zero-order valence-corrected chi connectivity index (χ0v) is 15.0. The summed E-state index contributed by atoms with van der Waals surface area (Å²) in [5.41, 5.74) is 0.640. The summed E-state index contributed by atoms with van der Waals surface area (Å²) in [4.78, 5) is 23.0. The topological polar surface area (TPSA) is 78.4 Å². The smallest absolute Gasteiger partial charge is 0.320 e. The van der Waals surface area contributed by atoms with Gasteiger partial charge in [0.25, 0.3) is 0 Å². The third-order valence-electron chi connectivity index (χ3n) is 2.72. The van der Waals surface area contributed by atoms with Crippen molar-refractivity contribution in [2.45, 2.75) is 26.3 Å². The molecule has 7 heteroatoms. The molecule has 0 aliphatic carbocycles. The largest absolute Gasteiger partial charge is 0.480 e. The molecule has 116 valence electrons. The molecule has 1 rings (SSSR count). The van der Waals surface area contributed by atoms with Crippen LogP contribution in [-0.2, 0) is 9.59 Å². The highest BCUT2D eigenvalue weighted by atomic mass is 79.9. The van der Waals surface area contributed by atoms with E-state index in [0.29, 0.717) is 12.1 Å². The molecule has 5 nitrogen and oxygen atoms in total. The van der Waals surface area contributed by atoms with Gasteiger partial charge in [0.2, 0.25) is 5.91 Å². The number of benzene rings is 1. The van der Waals surface area contributed by atoms with Gasteiger partial charge in [0.15, 0.2) is 0 Å². The molecule has 0 bridgehead atoms. The van der Waals surface area contributed by atoms with Gasteiger partial charge >= 0.3 is 5.97 Å². The molecule has 1 amide bonds. The standard InChI is InChI=1S/C14H18Br2N2O3/c1-8(2)5-12(14(20)21)17-7-13(19)18-11-4-3-9(15)6-10(11)16/h3-4,6,8,12,17H,5,7H2,1-2H3,(H,18,19)(H,20,21). The van der Waals surface area contributed by atoms with Crippen molar-refractivity contribution in [2.75, 3.05) is 11.9 Å². The quantitative estimate of drug-likeness (QED) is 0.631. The summed E-state index contributed by atoms with van der Waals surface area (Å²) in [5.74, 6) is -0.989. The third kappa shape index (κ3) is 6.58. The number of carboxylic acids is 1. The molecule has 0 heterocycles. The fourth-order valence-electron chi connectivity index (χ4n) is 1.74. The molecule has 0 spiro atoms. The SMILES string of the molecule is CC(C)CC(NCC(=O)Nc1ccc(Br)cc1Br)C(=O)O. The predicted octanol–water partition coefficient (Wildman–Crippen LogP) is 3.24. The van der Waals surface area contributed by atoms with Crippen molar-refractivity contribution in [3.8, 4) is 0 Å². The molecule has 3 N–H and O–H groups in total. The molecule has 0 aliphatic rings. The lowest BCUT2D eigenvalue weighted by atomic mass is 10.0. The van der Waals surface area contributed by atoms with Crippen LogP contribution in [0.15, 0.2) is 27.1 Å². The predicted molar refractivity (Wildman–Crippen MR) is 89.4 cm³/mol. The van der Waals surface area contributed by atoms with Crippen molar-refractivity contribution in [3.63, 3.8) is 0 Å². The number of hydrogen-bond donors (Lipinski definition) is 3. The molecule has 1 aromatic rings. The van der Waals surface area contributed by atoms with Gasteiger partial charge in [-0.05, 0) is 46.5 Å². The lowest BCUT2D eigenvalue weighted by molar-refractivity contribution is -0.139. The van der Waals surface area contributed by atoms with Crippen LogP contribution in [0.1, 0.15) is 20.3 Å². The van der Waals surface area contributed by atoms with E-state index in [1.165, 1.54) is 0 Å². The second kappa shape index (κ2) is 8.51. The zero-order chi connectivity index (χ0) is 16.0. The van der Waals surface area contributed by atoms with Gasteiger partial charge < -0.3 is 10.4 Å². The lowest BCUT2D eigenvalue weighted by Gasteiger charge is -2.16. The van der Waals surface area contributed by atoms with E-state index >= 15 is 0 Å². The van der Waals surface area contributed by atoms with Crippen molar-refractivity contribution in [3.05, 3.63) is 27.1 Å². The van der Waals surface area contributed by atoms with Gasteiger partial charge in [-0.15, -0.1) is 0 Å². The molecular weight excluding hydrogens is 404 g/mol. The molecule has 1 aromatic carbocycles. The van der Waals surface area contributed by atoms with Crippen molar-refractivity contribution < 1.29 is 14.7 Å². The second-order valence-corrected chi connectivity index (χ2v) is 6.84. The van der Waals surface area contributed by atoms with Crippen LogP contribution in [0.4, 0.5) is 5.69 Å². The van der Waals surface area contributed by atoms with Gasteiger partial charge in [0.1, 0.15) is 6.04 Å². The Morgan fingerprint density at radius 3 is 2.48 bits per heavy atom. The first-order valence-corrected chi connectivity index (χ1v) is 8.09. The molecule has 1 atom stereocenters. The van der Waals surface area contributed by atoms with E-state index in [0.717, 1.165) is 8.95 Å². The summed E-state index contributed by atoms with van der Waals surface area (Å²) in [6.45, 7) is 3.83. The average Bonchev–Trinajstić information content (AvgIpc) is 2.37. The number of rotatable bonds is 7. The van der Waals surface area contributed by atoms with E-state index in [9.17, 15) is 9.59 Å². The highest BCUT2D eigenvalue weighted by Crippen LogP contribution is 2.25. The molecule has 0 saturated carbocycles. The van der Waals surface area contributed by atoms with Gasteiger partial charge in [0, 0.05) is 8.95 Å². The van der Waals surface area contributed by atoms with Crippen LogP contribution in [0.3, 0.4) is 0 Å². The maximum absolute atomic E-state index is 11.9. The van der Waals surface area contributed by atoms with Gasteiger partial charge in [-0.25, -0.2) is 0 Å². The number of anilines is 1. The Morgan fingerprint density at radius 1 is 1.29 bits per heavy atom. The summed E-state index contributed by atoms with van der Waals surface area (Å²) >= 11 is 6.68. The Bertz CT molecular complexity index is 521. The number of halogens is 2. The fourth-order valence-corrected chi connectivity index (χ4v) is 2.89. The summed E-state index contributed by atoms with van der Waals surface area (Å²) in [6.07, 6.45) is 0.477. The molecule has 0 radical (unpaired) electrons. The maximum atomic E-state index is 11.9. The van der Waals surface area contributed by atoms with Crippen LogP contribution >= 0.6 is 31.9 Å². The highest BCUT2D eigenvalue weighted by Gasteiger charge is 2.19.